The van der Waals surface area contributed by atoms with Crippen LogP contribution in [-0.4, -0.2) is 8.32 Å². The Labute approximate surface area is 121 Å². The fraction of sp³-hybridized carbons (Fsp3) is 0.600. The normalized spacial score (nSPS) is 12.9. The lowest BCUT2D eigenvalue weighted by molar-refractivity contribution is 0.491. The van der Waals surface area contributed by atoms with Crippen molar-refractivity contribution in [2.45, 2.75) is 58.7 Å². The Morgan fingerprint density at radius 2 is 1.72 bits per heavy atom. The van der Waals surface area contributed by atoms with Gasteiger partial charge < -0.3 is 4.43 Å². The molecule has 0 aromatic heterocycles. The molecule has 1 rings (SSSR count). The first-order valence-electron chi connectivity index (χ1n) is 6.53. The molecule has 0 fully saturated rings. The monoisotopic (exact) mass is 328 g/mol. The average molecular weight is 329 g/mol. The molecule has 102 valence electrons. The smallest absolute Gasteiger partial charge is 0.250 e. The van der Waals surface area contributed by atoms with E-state index in [0.717, 1.165) is 10.2 Å². The van der Waals surface area contributed by atoms with Gasteiger partial charge in [-0.05, 0) is 41.7 Å². The van der Waals surface area contributed by atoms with Crippen LogP contribution in [0.5, 0.6) is 5.75 Å². The standard InChI is InChI=1S/C15H25BrOSi/c1-11(2)13-9-8-12(10-14(13)16)17-18(6,7)15(3,4)5/h8-11H,1-7H3. The van der Waals surface area contributed by atoms with E-state index >= 15 is 0 Å². The van der Waals surface area contributed by atoms with E-state index in [4.69, 9.17) is 4.43 Å². The van der Waals surface area contributed by atoms with Crippen LogP contribution in [0.4, 0.5) is 0 Å². The predicted molar refractivity (Wildman–Crippen MR) is 86.1 cm³/mol. The van der Waals surface area contributed by atoms with Gasteiger partial charge in [-0.2, -0.15) is 0 Å². The maximum absolute atomic E-state index is 6.29. The second kappa shape index (κ2) is 5.38. The molecule has 0 radical (unpaired) electrons. The third-order valence-corrected chi connectivity index (χ3v) is 8.82. The second-order valence-electron chi connectivity index (χ2n) is 6.70. The molecular formula is C15H25BrOSi. The maximum atomic E-state index is 6.29. The highest BCUT2D eigenvalue weighted by atomic mass is 79.9. The van der Waals surface area contributed by atoms with Crippen molar-refractivity contribution in [1.29, 1.82) is 0 Å². The summed E-state index contributed by atoms with van der Waals surface area (Å²) in [6.45, 7) is 15.7. The zero-order valence-electron chi connectivity index (χ0n) is 12.6. The molecule has 0 unspecified atom stereocenters. The van der Waals surface area contributed by atoms with E-state index < -0.39 is 8.32 Å². The maximum Gasteiger partial charge on any atom is 0.250 e. The van der Waals surface area contributed by atoms with E-state index in [2.05, 4.69) is 81.8 Å². The lowest BCUT2D eigenvalue weighted by Crippen LogP contribution is -2.43. The average Bonchev–Trinajstić information content (AvgIpc) is 2.14. The molecule has 0 saturated heterocycles. The number of hydrogen-bond donors (Lipinski definition) is 0. The van der Waals surface area contributed by atoms with E-state index in [1.165, 1.54) is 5.56 Å². The van der Waals surface area contributed by atoms with Crippen LogP contribution in [0.25, 0.3) is 0 Å². The van der Waals surface area contributed by atoms with Gasteiger partial charge in [-0.1, -0.05) is 56.6 Å². The van der Waals surface area contributed by atoms with Crippen molar-refractivity contribution in [1.82, 2.24) is 0 Å². The molecule has 1 aromatic rings. The van der Waals surface area contributed by atoms with Crippen LogP contribution in [-0.2, 0) is 0 Å². The van der Waals surface area contributed by atoms with Gasteiger partial charge in [0.2, 0.25) is 8.32 Å². The van der Waals surface area contributed by atoms with E-state index in [1.54, 1.807) is 0 Å². The van der Waals surface area contributed by atoms with Crippen molar-refractivity contribution < 1.29 is 4.43 Å². The highest BCUT2D eigenvalue weighted by Crippen LogP contribution is 2.38. The molecule has 18 heavy (non-hydrogen) atoms. The fourth-order valence-corrected chi connectivity index (χ4v) is 3.33. The molecule has 0 spiro atoms. The van der Waals surface area contributed by atoms with Gasteiger partial charge in [0.25, 0.3) is 0 Å². The van der Waals surface area contributed by atoms with Crippen molar-refractivity contribution in [2.75, 3.05) is 0 Å². The summed E-state index contributed by atoms with van der Waals surface area (Å²) < 4.78 is 7.44. The Morgan fingerprint density at radius 1 is 1.17 bits per heavy atom. The molecule has 0 N–H and O–H groups in total. The lowest BCUT2D eigenvalue weighted by atomic mass is 10.0. The van der Waals surface area contributed by atoms with Crippen molar-refractivity contribution in [2.24, 2.45) is 0 Å². The summed E-state index contributed by atoms with van der Waals surface area (Å²) in [6, 6.07) is 6.37. The van der Waals surface area contributed by atoms with Crippen LogP contribution in [0.15, 0.2) is 22.7 Å². The Bertz CT molecular complexity index is 419. The molecule has 0 saturated carbocycles. The fourth-order valence-electron chi connectivity index (χ4n) is 1.49. The van der Waals surface area contributed by atoms with E-state index in [0.29, 0.717) is 5.92 Å². The third kappa shape index (κ3) is 3.61. The molecule has 0 aliphatic heterocycles. The van der Waals surface area contributed by atoms with Crippen LogP contribution in [0, 0.1) is 0 Å². The minimum atomic E-state index is -1.73. The van der Waals surface area contributed by atoms with Gasteiger partial charge in [-0.25, -0.2) is 0 Å². The van der Waals surface area contributed by atoms with Gasteiger partial charge in [0.15, 0.2) is 0 Å². The third-order valence-electron chi connectivity index (χ3n) is 3.77. The van der Waals surface area contributed by atoms with Crippen molar-refractivity contribution >= 4 is 24.2 Å². The molecule has 0 aliphatic carbocycles. The minimum Gasteiger partial charge on any atom is -0.543 e. The number of rotatable bonds is 3. The first-order valence-corrected chi connectivity index (χ1v) is 10.2. The number of hydrogen-bond acceptors (Lipinski definition) is 1. The molecular weight excluding hydrogens is 304 g/mol. The molecule has 0 amide bonds. The van der Waals surface area contributed by atoms with Crippen molar-refractivity contribution in [3.8, 4) is 5.75 Å². The van der Waals surface area contributed by atoms with Gasteiger partial charge in [0.05, 0.1) is 0 Å². The summed E-state index contributed by atoms with van der Waals surface area (Å²) in [4.78, 5) is 0. The lowest BCUT2D eigenvalue weighted by Gasteiger charge is -2.36. The van der Waals surface area contributed by atoms with Gasteiger partial charge in [0, 0.05) is 4.47 Å². The van der Waals surface area contributed by atoms with Gasteiger partial charge in [0.1, 0.15) is 5.75 Å². The van der Waals surface area contributed by atoms with Crippen LogP contribution in [0.2, 0.25) is 18.1 Å². The summed E-state index contributed by atoms with van der Waals surface area (Å²) in [5.74, 6) is 1.51. The predicted octanol–water partition coefficient (Wildman–Crippen LogP) is 5.96. The molecule has 1 nitrogen and oxygen atoms in total. The largest absolute Gasteiger partial charge is 0.543 e. The topological polar surface area (TPSA) is 9.23 Å². The van der Waals surface area contributed by atoms with Crippen LogP contribution in [0.1, 0.15) is 46.1 Å². The minimum absolute atomic E-state index is 0.232. The van der Waals surface area contributed by atoms with E-state index in [1.807, 2.05) is 0 Å². The molecule has 0 atom stereocenters. The van der Waals surface area contributed by atoms with E-state index in [-0.39, 0.29) is 5.04 Å². The molecule has 1 aromatic carbocycles. The first-order chi connectivity index (χ1) is 8.04. The quantitative estimate of drug-likeness (QED) is 0.622. The zero-order chi connectivity index (χ0) is 14.1. The zero-order valence-corrected chi connectivity index (χ0v) is 15.2. The Kier molecular flexibility index (Phi) is 4.71. The van der Waals surface area contributed by atoms with Crippen molar-refractivity contribution in [3.05, 3.63) is 28.2 Å². The second-order valence-corrected chi connectivity index (χ2v) is 12.3. The first kappa shape index (κ1) is 15.8. The van der Waals surface area contributed by atoms with Crippen LogP contribution >= 0.6 is 15.9 Å². The molecule has 3 heteroatoms. The summed E-state index contributed by atoms with van der Waals surface area (Å²) in [5.41, 5.74) is 1.33. The number of halogens is 1. The Morgan fingerprint density at radius 3 is 2.11 bits per heavy atom. The summed E-state index contributed by atoms with van der Waals surface area (Å²) in [5, 5.41) is 0.232. The van der Waals surface area contributed by atoms with Gasteiger partial charge in [-0.15, -0.1) is 0 Å². The SMILES string of the molecule is CC(C)c1ccc(O[Si](C)(C)C(C)(C)C)cc1Br. The van der Waals surface area contributed by atoms with Crippen LogP contribution in [0.3, 0.4) is 0 Å². The van der Waals surface area contributed by atoms with Crippen LogP contribution < -0.4 is 4.43 Å². The highest BCUT2D eigenvalue weighted by molar-refractivity contribution is 9.10. The van der Waals surface area contributed by atoms with Gasteiger partial charge in [-0.3, -0.25) is 0 Å². The Hall–Kier alpha value is -0.283. The van der Waals surface area contributed by atoms with Crippen molar-refractivity contribution in [3.63, 3.8) is 0 Å². The highest BCUT2D eigenvalue weighted by Gasteiger charge is 2.38. The number of benzene rings is 1. The molecule has 0 bridgehead atoms. The summed E-state index contributed by atoms with van der Waals surface area (Å²) >= 11 is 3.64. The van der Waals surface area contributed by atoms with Gasteiger partial charge >= 0.3 is 0 Å². The Balaban J connectivity index is 2.97. The van der Waals surface area contributed by atoms with E-state index in [9.17, 15) is 0 Å². The summed E-state index contributed by atoms with van der Waals surface area (Å²) in [6.07, 6.45) is 0. The molecule has 0 aliphatic rings. The molecule has 0 heterocycles. The summed E-state index contributed by atoms with van der Waals surface area (Å²) in [7, 11) is -1.73.